The van der Waals surface area contributed by atoms with Gasteiger partial charge in [0.1, 0.15) is 5.60 Å². The number of hydrogen-bond donors (Lipinski definition) is 1. The molecule has 0 aromatic carbocycles. The first-order valence-corrected chi connectivity index (χ1v) is 9.75. The Labute approximate surface area is 159 Å². The predicted molar refractivity (Wildman–Crippen MR) is 89.8 cm³/mol. The minimum Gasteiger partial charge on any atom is -0.821 e. The average Bonchev–Trinajstić information content (AvgIpc) is 2.87. The monoisotopic (exact) mass is 385 g/mol. The van der Waals surface area contributed by atoms with Gasteiger partial charge in [-0.1, -0.05) is 13.8 Å². The summed E-state index contributed by atoms with van der Waals surface area (Å²) in [6, 6.07) is 0. The zero-order valence-electron chi connectivity index (χ0n) is 16.1. The van der Waals surface area contributed by atoms with Crippen molar-refractivity contribution in [2.24, 2.45) is 23.7 Å². The lowest BCUT2D eigenvalue weighted by Crippen LogP contribution is -2.62. The first-order chi connectivity index (χ1) is 12.7. The minimum atomic E-state index is -1.58. The molecule has 2 bridgehead atoms. The summed E-state index contributed by atoms with van der Waals surface area (Å²) in [5.74, 6) is -2.69. The molecule has 1 saturated carbocycles. The highest BCUT2D eigenvalue weighted by atomic mass is 17.2. The number of esters is 1. The number of carbonyl (C=O) groups is 2. The molecular weight excluding hydrogens is 356 g/mol. The second kappa shape index (κ2) is 7.66. The number of rotatable bonds is 6. The molecule has 8 heteroatoms. The molecule has 154 valence electrons. The van der Waals surface area contributed by atoms with E-state index in [1.54, 1.807) is 6.92 Å². The fourth-order valence-electron chi connectivity index (χ4n) is 4.92. The molecule has 0 radical (unpaired) electrons. The summed E-state index contributed by atoms with van der Waals surface area (Å²) < 4.78 is 11.0. The van der Waals surface area contributed by atoms with E-state index in [4.69, 9.17) is 24.4 Å². The van der Waals surface area contributed by atoms with E-state index in [-0.39, 0.29) is 24.7 Å². The Bertz CT molecular complexity index is 568. The normalized spacial score (nSPS) is 40.5. The molecule has 8 nitrogen and oxygen atoms in total. The van der Waals surface area contributed by atoms with Crippen molar-refractivity contribution in [2.75, 3.05) is 6.61 Å². The van der Waals surface area contributed by atoms with Crippen molar-refractivity contribution >= 4 is 11.9 Å². The largest absolute Gasteiger partial charge is 0.821 e. The highest BCUT2D eigenvalue weighted by molar-refractivity contribution is 5.76. The zero-order chi connectivity index (χ0) is 19.8. The third-order valence-electron chi connectivity index (χ3n) is 6.62. The number of hydrogen-bond acceptors (Lipinski definition) is 7. The summed E-state index contributed by atoms with van der Waals surface area (Å²) in [7, 11) is 0. The van der Waals surface area contributed by atoms with Gasteiger partial charge in [0.15, 0.2) is 5.79 Å². The van der Waals surface area contributed by atoms with Gasteiger partial charge in [-0.15, -0.1) is 0 Å². The molecule has 0 amide bonds. The van der Waals surface area contributed by atoms with Gasteiger partial charge in [0.25, 0.3) is 0 Å². The van der Waals surface area contributed by atoms with Gasteiger partial charge in [0.05, 0.1) is 19.4 Å². The van der Waals surface area contributed by atoms with Crippen molar-refractivity contribution in [3.05, 3.63) is 0 Å². The molecule has 0 aromatic rings. The highest BCUT2D eigenvalue weighted by Crippen LogP contribution is 2.55. The maximum absolute atomic E-state index is 12.6. The van der Waals surface area contributed by atoms with E-state index in [1.165, 1.54) is 0 Å². The molecule has 1 unspecified atom stereocenters. The Balaban J connectivity index is 1.72. The van der Waals surface area contributed by atoms with E-state index in [2.05, 4.69) is 6.92 Å². The highest BCUT2D eigenvalue weighted by Gasteiger charge is 2.60. The standard InChI is InChI=1S/C19H29O8/c1-11-4-5-14(12(2)17(23)25-16(22)7-6-15(20)21)19-10-24-18(3,26-27-19)9-8-13(11)19/h11-14,17H,4-10H2,1-3H3,(H,20,21)/q-1/t11-,12-,13?,14+,17+,18-,19-/m1/s1. The Kier molecular flexibility index (Phi) is 5.82. The Morgan fingerprint density at radius 3 is 2.63 bits per heavy atom. The molecule has 0 aromatic heterocycles. The smallest absolute Gasteiger partial charge is 0.305 e. The van der Waals surface area contributed by atoms with Crippen LogP contribution in [-0.4, -0.2) is 41.3 Å². The average molecular weight is 385 g/mol. The fraction of sp³-hybridized carbons (Fsp3) is 0.895. The van der Waals surface area contributed by atoms with E-state index >= 15 is 0 Å². The number of carbonyl (C=O) groups excluding carboxylic acids is 1. The second-order valence-electron chi connectivity index (χ2n) is 8.46. The van der Waals surface area contributed by atoms with Gasteiger partial charge < -0.3 is 19.7 Å². The molecule has 4 rings (SSSR count). The summed E-state index contributed by atoms with van der Waals surface area (Å²) in [5, 5.41) is 21.3. The Hall–Kier alpha value is -1.22. The molecule has 3 heterocycles. The van der Waals surface area contributed by atoms with Gasteiger partial charge in [-0.3, -0.25) is 9.59 Å². The van der Waals surface area contributed by atoms with Crippen molar-refractivity contribution in [1.29, 1.82) is 0 Å². The summed E-state index contributed by atoms with van der Waals surface area (Å²) >= 11 is 0. The molecule has 27 heavy (non-hydrogen) atoms. The van der Waals surface area contributed by atoms with Crippen LogP contribution in [0, 0.1) is 23.7 Å². The quantitative estimate of drug-likeness (QED) is 0.417. The molecule has 1 N–H and O–H groups in total. The first kappa shape index (κ1) is 20.5. The number of ether oxygens (including phenoxy) is 2. The number of aliphatic carboxylic acids is 1. The van der Waals surface area contributed by atoms with E-state index < -0.39 is 35.5 Å². The molecule has 3 aliphatic heterocycles. The van der Waals surface area contributed by atoms with Gasteiger partial charge in [0.2, 0.25) is 0 Å². The molecule has 1 spiro atoms. The molecule has 4 fully saturated rings. The maximum Gasteiger partial charge on any atom is 0.305 e. The zero-order valence-corrected chi connectivity index (χ0v) is 16.1. The van der Waals surface area contributed by atoms with Gasteiger partial charge in [-0.2, -0.15) is 0 Å². The van der Waals surface area contributed by atoms with E-state index in [0.717, 1.165) is 25.7 Å². The Morgan fingerprint density at radius 2 is 2.00 bits per heavy atom. The molecule has 7 atom stereocenters. The number of carboxylic acid groups (broad SMARTS) is 1. The Morgan fingerprint density at radius 1 is 1.26 bits per heavy atom. The maximum atomic E-state index is 12.6. The lowest BCUT2D eigenvalue weighted by molar-refractivity contribution is -0.530. The van der Waals surface area contributed by atoms with Crippen LogP contribution < -0.4 is 5.11 Å². The van der Waals surface area contributed by atoms with Crippen molar-refractivity contribution in [3.8, 4) is 0 Å². The molecule has 1 aliphatic carbocycles. The lowest BCUT2D eigenvalue weighted by atomic mass is 9.60. The first-order valence-electron chi connectivity index (χ1n) is 9.75. The van der Waals surface area contributed by atoms with Crippen LogP contribution in [0.15, 0.2) is 0 Å². The number of fused-ring (bicyclic) bond motifs is 3. The van der Waals surface area contributed by atoms with Crippen molar-refractivity contribution in [1.82, 2.24) is 0 Å². The fourth-order valence-corrected chi connectivity index (χ4v) is 4.92. The van der Waals surface area contributed by atoms with Crippen molar-refractivity contribution in [2.45, 2.75) is 77.0 Å². The van der Waals surface area contributed by atoms with E-state index in [1.807, 2.05) is 6.92 Å². The molecule has 4 aliphatic rings. The summed E-state index contributed by atoms with van der Waals surface area (Å²) in [5.41, 5.74) is -0.719. The van der Waals surface area contributed by atoms with Crippen molar-refractivity contribution in [3.63, 3.8) is 0 Å². The van der Waals surface area contributed by atoms with Crippen LogP contribution in [0.2, 0.25) is 0 Å². The molecular formula is C19H29O8-. The van der Waals surface area contributed by atoms with Gasteiger partial charge in [-0.05, 0) is 49.9 Å². The number of carboxylic acids is 1. The minimum absolute atomic E-state index is 0.170. The SMILES string of the molecule is C[C@@H]([C@@H]([O-])OC(=O)CCC(=O)O)[C@@H]1CC[C@@H](C)C2CC[C@]3(C)OC[C@@]21OO3. The van der Waals surface area contributed by atoms with Crippen LogP contribution in [0.5, 0.6) is 0 Å². The third kappa shape index (κ3) is 3.99. The van der Waals surface area contributed by atoms with Crippen LogP contribution in [-0.2, 0) is 28.8 Å². The lowest BCUT2D eigenvalue weighted by Gasteiger charge is -2.54. The van der Waals surface area contributed by atoms with Gasteiger partial charge >= 0.3 is 11.9 Å². The molecule has 3 saturated heterocycles. The summed E-state index contributed by atoms with van der Waals surface area (Å²) in [4.78, 5) is 33.9. The predicted octanol–water partition coefficient (Wildman–Crippen LogP) is 1.61. The van der Waals surface area contributed by atoms with Crippen LogP contribution in [0.4, 0.5) is 0 Å². The van der Waals surface area contributed by atoms with Crippen LogP contribution in [0.1, 0.15) is 59.3 Å². The van der Waals surface area contributed by atoms with Crippen LogP contribution in [0.3, 0.4) is 0 Å². The summed E-state index contributed by atoms with van der Waals surface area (Å²) in [6.45, 7) is 6.17. The van der Waals surface area contributed by atoms with Gasteiger partial charge in [-0.25, -0.2) is 9.78 Å². The second-order valence-corrected chi connectivity index (χ2v) is 8.46. The van der Waals surface area contributed by atoms with Crippen LogP contribution in [0.25, 0.3) is 0 Å². The summed E-state index contributed by atoms with van der Waals surface area (Å²) in [6.07, 6.45) is 1.10. The third-order valence-corrected chi connectivity index (χ3v) is 6.62. The van der Waals surface area contributed by atoms with E-state index in [9.17, 15) is 14.7 Å². The van der Waals surface area contributed by atoms with Crippen molar-refractivity contribution < 1.29 is 39.1 Å². The van der Waals surface area contributed by atoms with E-state index in [0.29, 0.717) is 12.5 Å². The van der Waals surface area contributed by atoms with Crippen LogP contribution >= 0.6 is 0 Å². The van der Waals surface area contributed by atoms with Gasteiger partial charge in [0, 0.05) is 12.7 Å². The topological polar surface area (TPSA) is 114 Å².